The first-order valence-electron chi connectivity index (χ1n) is 9.45. The van der Waals surface area contributed by atoms with Gasteiger partial charge in [-0.05, 0) is 60.7 Å². The van der Waals surface area contributed by atoms with Gasteiger partial charge < -0.3 is 19.1 Å². The number of nitrogens with zero attached hydrogens (tertiary/aromatic N) is 1. The summed E-state index contributed by atoms with van der Waals surface area (Å²) in [5.74, 6) is 2.17. The molecule has 0 N–H and O–H groups in total. The van der Waals surface area contributed by atoms with Crippen molar-refractivity contribution in [3.8, 4) is 17.2 Å². The molecule has 0 saturated heterocycles. The number of rotatable bonds is 5. The van der Waals surface area contributed by atoms with E-state index >= 15 is 0 Å². The topological polar surface area (TPSA) is 48.0 Å². The average molecular weight is 381 g/mol. The summed E-state index contributed by atoms with van der Waals surface area (Å²) in [4.78, 5) is 15.2. The molecule has 1 heterocycles. The molecule has 148 valence electrons. The fourth-order valence-corrected chi connectivity index (χ4v) is 3.61. The molecule has 2 aromatic carbocycles. The first-order chi connectivity index (χ1) is 13.6. The molecule has 1 aliphatic heterocycles. The summed E-state index contributed by atoms with van der Waals surface area (Å²) in [5, 5.41) is 0. The van der Waals surface area contributed by atoms with Crippen molar-refractivity contribution in [3.05, 3.63) is 59.2 Å². The van der Waals surface area contributed by atoms with Crippen molar-refractivity contribution in [2.75, 3.05) is 27.9 Å². The summed E-state index contributed by atoms with van der Waals surface area (Å²) in [7, 11) is 4.89. The molecule has 0 atom stereocenters. The molecule has 0 spiro atoms. The minimum Gasteiger partial charge on any atom is -0.497 e. The van der Waals surface area contributed by atoms with E-state index in [0.29, 0.717) is 30.2 Å². The van der Waals surface area contributed by atoms with Crippen molar-refractivity contribution in [2.24, 2.45) is 0 Å². The summed E-state index contributed by atoms with van der Waals surface area (Å²) < 4.78 is 16.1. The highest BCUT2D eigenvalue weighted by molar-refractivity contribution is 6.20. The Hall–Kier alpha value is -2.95. The minimum absolute atomic E-state index is 0.0338. The zero-order chi connectivity index (χ0) is 20.1. The SMILES string of the molecule is C/C=C1\C(=O)N(Cc2ccc(OC)cc2)CCCc2cc(OC)c(OC)cc21. The number of methoxy groups -OCH3 is 3. The van der Waals surface area contributed by atoms with Gasteiger partial charge in [0.2, 0.25) is 0 Å². The molecule has 5 heteroatoms. The predicted octanol–water partition coefficient (Wildman–Crippen LogP) is 4.09. The molecule has 0 radical (unpaired) electrons. The van der Waals surface area contributed by atoms with Crippen LogP contribution in [0.4, 0.5) is 0 Å². The Bertz CT molecular complexity index is 871. The van der Waals surface area contributed by atoms with E-state index in [0.717, 1.165) is 35.3 Å². The Labute approximate surface area is 166 Å². The van der Waals surface area contributed by atoms with Crippen LogP contribution in [0.3, 0.4) is 0 Å². The molecular formula is C23H27NO4. The second-order valence-corrected chi connectivity index (χ2v) is 6.75. The summed E-state index contributed by atoms with van der Waals surface area (Å²) in [6.07, 6.45) is 3.65. The number of carbonyl (C=O) groups is 1. The smallest absolute Gasteiger partial charge is 0.254 e. The van der Waals surface area contributed by atoms with Gasteiger partial charge in [0.15, 0.2) is 11.5 Å². The fourth-order valence-electron chi connectivity index (χ4n) is 3.61. The summed E-state index contributed by atoms with van der Waals surface area (Å²) >= 11 is 0. The van der Waals surface area contributed by atoms with Crippen molar-refractivity contribution < 1.29 is 19.0 Å². The van der Waals surface area contributed by atoms with Gasteiger partial charge in [-0.1, -0.05) is 18.2 Å². The van der Waals surface area contributed by atoms with E-state index in [1.807, 2.05) is 54.3 Å². The Morgan fingerprint density at radius 2 is 1.68 bits per heavy atom. The van der Waals surface area contributed by atoms with E-state index in [1.165, 1.54) is 0 Å². The lowest BCUT2D eigenvalue weighted by atomic mass is 9.92. The highest BCUT2D eigenvalue weighted by atomic mass is 16.5. The molecule has 0 aliphatic carbocycles. The van der Waals surface area contributed by atoms with Crippen molar-refractivity contribution in [1.29, 1.82) is 0 Å². The number of ether oxygens (including phenoxy) is 3. The number of hydrogen-bond acceptors (Lipinski definition) is 4. The second-order valence-electron chi connectivity index (χ2n) is 6.75. The molecule has 0 aromatic heterocycles. The predicted molar refractivity (Wildman–Crippen MR) is 110 cm³/mol. The lowest BCUT2D eigenvalue weighted by molar-refractivity contribution is -0.125. The molecule has 5 nitrogen and oxygen atoms in total. The fraction of sp³-hybridized carbons (Fsp3) is 0.348. The van der Waals surface area contributed by atoms with Gasteiger partial charge in [-0.15, -0.1) is 0 Å². The highest BCUT2D eigenvalue weighted by Crippen LogP contribution is 2.36. The molecule has 1 amide bonds. The normalized spacial score (nSPS) is 15.6. The van der Waals surface area contributed by atoms with E-state index in [-0.39, 0.29) is 5.91 Å². The third-order valence-electron chi connectivity index (χ3n) is 5.11. The van der Waals surface area contributed by atoms with Crippen LogP contribution in [0.5, 0.6) is 17.2 Å². The van der Waals surface area contributed by atoms with Crippen LogP contribution < -0.4 is 14.2 Å². The summed E-state index contributed by atoms with van der Waals surface area (Å²) in [5.41, 5.74) is 3.81. The number of fused-ring (bicyclic) bond motifs is 1. The first kappa shape index (κ1) is 19.8. The van der Waals surface area contributed by atoms with Gasteiger partial charge in [0.1, 0.15) is 5.75 Å². The first-order valence-corrected chi connectivity index (χ1v) is 9.45. The summed E-state index contributed by atoms with van der Waals surface area (Å²) in [6.45, 7) is 3.18. The maximum absolute atomic E-state index is 13.3. The number of aryl methyl sites for hydroxylation is 1. The van der Waals surface area contributed by atoms with Crippen molar-refractivity contribution in [2.45, 2.75) is 26.3 Å². The van der Waals surface area contributed by atoms with Gasteiger partial charge in [0.05, 0.1) is 21.3 Å². The van der Waals surface area contributed by atoms with Crippen LogP contribution in [0, 0.1) is 0 Å². The molecule has 0 fully saturated rings. The van der Waals surface area contributed by atoms with Crippen LogP contribution in [0.2, 0.25) is 0 Å². The van der Waals surface area contributed by atoms with Crippen LogP contribution in [0.25, 0.3) is 5.57 Å². The monoisotopic (exact) mass is 381 g/mol. The van der Waals surface area contributed by atoms with Crippen LogP contribution >= 0.6 is 0 Å². The van der Waals surface area contributed by atoms with Crippen LogP contribution in [0.1, 0.15) is 30.0 Å². The minimum atomic E-state index is 0.0338. The van der Waals surface area contributed by atoms with Gasteiger partial charge in [-0.25, -0.2) is 0 Å². The average Bonchev–Trinajstić information content (AvgIpc) is 2.73. The second kappa shape index (κ2) is 8.83. The van der Waals surface area contributed by atoms with Crippen LogP contribution in [0.15, 0.2) is 42.5 Å². The van der Waals surface area contributed by atoms with Gasteiger partial charge >= 0.3 is 0 Å². The van der Waals surface area contributed by atoms with Crippen LogP contribution in [-0.4, -0.2) is 38.7 Å². The molecular weight excluding hydrogens is 354 g/mol. The van der Waals surface area contributed by atoms with Crippen LogP contribution in [-0.2, 0) is 17.8 Å². The number of carbonyl (C=O) groups excluding carboxylic acids is 1. The quantitative estimate of drug-likeness (QED) is 0.732. The third kappa shape index (κ3) is 3.98. The Balaban J connectivity index is 1.93. The van der Waals surface area contributed by atoms with Crippen molar-refractivity contribution >= 4 is 11.5 Å². The molecule has 28 heavy (non-hydrogen) atoms. The van der Waals surface area contributed by atoms with Crippen molar-refractivity contribution in [1.82, 2.24) is 4.90 Å². The number of amides is 1. The molecule has 3 rings (SSSR count). The summed E-state index contributed by atoms with van der Waals surface area (Å²) in [6, 6.07) is 11.8. The number of allylic oxidation sites excluding steroid dienone is 1. The van der Waals surface area contributed by atoms with Gasteiger partial charge in [0.25, 0.3) is 5.91 Å². The number of hydrogen-bond donors (Lipinski definition) is 0. The largest absolute Gasteiger partial charge is 0.497 e. The van der Waals surface area contributed by atoms with E-state index in [2.05, 4.69) is 0 Å². The molecule has 2 aromatic rings. The van der Waals surface area contributed by atoms with Crippen molar-refractivity contribution in [3.63, 3.8) is 0 Å². The Morgan fingerprint density at radius 3 is 2.29 bits per heavy atom. The van der Waals surface area contributed by atoms with E-state index in [1.54, 1.807) is 21.3 Å². The van der Waals surface area contributed by atoms with E-state index in [4.69, 9.17) is 14.2 Å². The van der Waals surface area contributed by atoms with Gasteiger partial charge in [-0.3, -0.25) is 4.79 Å². The van der Waals surface area contributed by atoms with Gasteiger partial charge in [-0.2, -0.15) is 0 Å². The van der Waals surface area contributed by atoms with E-state index < -0.39 is 0 Å². The maximum Gasteiger partial charge on any atom is 0.254 e. The molecule has 0 unspecified atom stereocenters. The standard InChI is InChI=1S/C23H27NO4/c1-5-19-20-14-22(28-4)21(27-3)13-17(20)7-6-12-24(23(19)25)15-16-8-10-18(26-2)11-9-16/h5,8-11,13-14H,6-7,12,15H2,1-4H3/b19-5-. The zero-order valence-electron chi connectivity index (χ0n) is 17.0. The molecule has 0 saturated carbocycles. The Kier molecular flexibility index (Phi) is 6.24. The lowest BCUT2D eigenvalue weighted by Crippen LogP contribution is -2.34. The Morgan fingerprint density at radius 1 is 1.00 bits per heavy atom. The lowest BCUT2D eigenvalue weighted by Gasteiger charge is -2.28. The maximum atomic E-state index is 13.3. The third-order valence-corrected chi connectivity index (χ3v) is 5.11. The van der Waals surface area contributed by atoms with E-state index in [9.17, 15) is 4.79 Å². The molecule has 0 bridgehead atoms. The number of benzene rings is 2. The molecule has 1 aliphatic rings. The highest BCUT2D eigenvalue weighted by Gasteiger charge is 2.25. The van der Waals surface area contributed by atoms with Gasteiger partial charge in [0, 0.05) is 18.7 Å². The zero-order valence-corrected chi connectivity index (χ0v) is 17.0.